The van der Waals surface area contributed by atoms with E-state index < -0.39 is 11.2 Å². The van der Waals surface area contributed by atoms with E-state index in [1.54, 1.807) is 12.1 Å². The van der Waals surface area contributed by atoms with Gasteiger partial charge in [-0.3, -0.25) is 4.79 Å². The summed E-state index contributed by atoms with van der Waals surface area (Å²) >= 11 is 12.6. The number of para-hydroxylation sites is 2. The van der Waals surface area contributed by atoms with Gasteiger partial charge in [0.25, 0.3) is 5.91 Å². The summed E-state index contributed by atoms with van der Waals surface area (Å²) in [5.74, 6) is 0.0524. The fourth-order valence-corrected chi connectivity index (χ4v) is 5.10. The molecule has 1 amide bonds. The van der Waals surface area contributed by atoms with Crippen LogP contribution in [-0.4, -0.2) is 30.6 Å². The molecular weight excluding hydrogens is 419 g/mol. The molecule has 0 atom stereocenters. The first-order valence-corrected chi connectivity index (χ1v) is 11.4. The van der Waals surface area contributed by atoms with E-state index in [4.69, 9.17) is 27.9 Å². The summed E-state index contributed by atoms with van der Waals surface area (Å²) in [4.78, 5) is 18.1. The average molecular weight is 445 g/mol. The molecule has 6 heteroatoms. The number of carbonyl (C=O) groups excluding carboxylic acids is 1. The fourth-order valence-electron chi connectivity index (χ4n) is 4.58. The van der Waals surface area contributed by atoms with Crippen molar-refractivity contribution < 1.29 is 9.53 Å². The lowest BCUT2D eigenvalue weighted by molar-refractivity contribution is -0.148. The fraction of sp³-hybridized carbons (Fsp3) is 0.458. The highest BCUT2D eigenvalue weighted by Crippen LogP contribution is 2.50. The maximum Gasteiger partial charge on any atom is 0.259 e. The van der Waals surface area contributed by atoms with E-state index in [0.29, 0.717) is 22.6 Å². The molecule has 2 aromatic carbocycles. The van der Waals surface area contributed by atoms with Crippen molar-refractivity contribution >= 4 is 40.5 Å². The van der Waals surface area contributed by atoms with Gasteiger partial charge in [0.15, 0.2) is 0 Å². The number of nitrogens with zero attached hydrogens (tertiary/aromatic N) is 2. The Bertz CT molecular complexity index is 998. The Labute approximate surface area is 187 Å². The summed E-state index contributed by atoms with van der Waals surface area (Å²) in [6.07, 6.45) is 3.92. The van der Waals surface area contributed by atoms with Gasteiger partial charge in [0.05, 0.1) is 17.0 Å². The maximum absolute atomic E-state index is 13.7. The number of amides is 1. The molecule has 5 rings (SSSR count). The van der Waals surface area contributed by atoms with E-state index in [9.17, 15) is 4.79 Å². The predicted molar refractivity (Wildman–Crippen MR) is 122 cm³/mol. The van der Waals surface area contributed by atoms with E-state index in [2.05, 4.69) is 23.1 Å². The van der Waals surface area contributed by atoms with Crippen LogP contribution in [0.1, 0.15) is 45.1 Å². The second-order valence-corrected chi connectivity index (χ2v) is 9.94. The van der Waals surface area contributed by atoms with E-state index >= 15 is 0 Å². The van der Waals surface area contributed by atoms with Crippen molar-refractivity contribution in [2.24, 2.45) is 0 Å². The highest BCUT2D eigenvalue weighted by molar-refractivity contribution is 6.33. The van der Waals surface area contributed by atoms with Gasteiger partial charge in [-0.05, 0) is 69.9 Å². The Morgan fingerprint density at radius 3 is 2.43 bits per heavy atom. The van der Waals surface area contributed by atoms with Gasteiger partial charge in [-0.25, -0.2) is 0 Å². The van der Waals surface area contributed by atoms with Crippen molar-refractivity contribution in [1.29, 1.82) is 0 Å². The number of hydrogen-bond acceptors (Lipinski definition) is 3. The third-order valence-corrected chi connectivity index (χ3v) is 6.97. The first kappa shape index (κ1) is 20.2. The van der Waals surface area contributed by atoms with Crippen LogP contribution >= 0.6 is 23.2 Å². The smallest absolute Gasteiger partial charge is 0.259 e. The number of fused-ring (bicyclic) bond motifs is 1. The quantitative estimate of drug-likeness (QED) is 0.584. The average Bonchev–Trinajstić information content (AvgIpc) is 3.64. The van der Waals surface area contributed by atoms with Gasteiger partial charge >= 0.3 is 0 Å². The maximum atomic E-state index is 13.7. The Kier molecular flexibility index (Phi) is 4.81. The molecule has 2 fully saturated rings. The molecule has 0 spiro atoms. The zero-order chi connectivity index (χ0) is 21.1. The highest BCUT2D eigenvalue weighted by atomic mass is 35.5. The van der Waals surface area contributed by atoms with E-state index in [1.807, 2.05) is 30.9 Å². The van der Waals surface area contributed by atoms with Gasteiger partial charge in [-0.2, -0.15) is 0 Å². The zero-order valence-corrected chi connectivity index (χ0v) is 18.8. The van der Waals surface area contributed by atoms with Gasteiger partial charge in [-0.15, -0.1) is 0 Å². The van der Waals surface area contributed by atoms with Crippen LogP contribution in [0.25, 0.3) is 0 Å². The van der Waals surface area contributed by atoms with Crippen LogP contribution < -0.4 is 9.80 Å². The molecule has 30 heavy (non-hydrogen) atoms. The Morgan fingerprint density at radius 1 is 1.07 bits per heavy atom. The molecule has 0 radical (unpaired) electrons. The molecule has 0 saturated heterocycles. The van der Waals surface area contributed by atoms with Crippen LogP contribution in [-0.2, 0) is 15.1 Å². The van der Waals surface area contributed by atoms with Crippen LogP contribution in [0.3, 0.4) is 0 Å². The van der Waals surface area contributed by atoms with Gasteiger partial charge < -0.3 is 14.5 Å². The van der Waals surface area contributed by atoms with Crippen molar-refractivity contribution in [2.45, 2.75) is 56.8 Å². The molecule has 4 nitrogen and oxygen atoms in total. The third kappa shape index (κ3) is 3.49. The number of ether oxygens (including phenoxy) is 1. The summed E-state index contributed by atoms with van der Waals surface area (Å²) in [6, 6.07) is 14.2. The van der Waals surface area contributed by atoms with Gasteiger partial charge in [-0.1, -0.05) is 35.3 Å². The molecule has 2 aliphatic carbocycles. The summed E-state index contributed by atoms with van der Waals surface area (Å²) in [5, 5.41) is 1.20. The molecule has 0 N–H and O–H groups in total. The van der Waals surface area contributed by atoms with Gasteiger partial charge in [0, 0.05) is 34.7 Å². The van der Waals surface area contributed by atoms with Crippen molar-refractivity contribution in [3.05, 3.63) is 58.1 Å². The van der Waals surface area contributed by atoms with Gasteiger partial charge in [0.1, 0.15) is 5.60 Å². The predicted octanol–water partition coefficient (Wildman–Crippen LogP) is 5.79. The minimum Gasteiger partial charge on any atom is -0.365 e. The molecule has 0 bridgehead atoms. The molecular formula is C24H26Cl2N2O2. The second-order valence-electron chi connectivity index (χ2n) is 9.10. The van der Waals surface area contributed by atoms with Crippen molar-refractivity contribution in [3.8, 4) is 0 Å². The van der Waals surface area contributed by atoms with Crippen LogP contribution in [0, 0.1) is 0 Å². The Hall–Kier alpha value is -1.75. The molecule has 1 heterocycles. The summed E-state index contributed by atoms with van der Waals surface area (Å²) < 4.78 is 6.53. The molecule has 2 aromatic rings. The van der Waals surface area contributed by atoms with Crippen LogP contribution in [0.5, 0.6) is 0 Å². The summed E-state index contributed by atoms with van der Waals surface area (Å²) in [7, 11) is 0. The number of anilines is 2. The molecule has 158 valence electrons. The number of hydrogen-bond donors (Lipinski definition) is 0. The minimum absolute atomic E-state index is 0.0524. The highest BCUT2D eigenvalue weighted by Gasteiger charge is 2.57. The van der Waals surface area contributed by atoms with E-state index in [1.165, 1.54) is 12.8 Å². The number of halogens is 2. The Morgan fingerprint density at radius 2 is 1.77 bits per heavy atom. The lowest BCUT2D eigenvalue weighted by atomic mass is 9.97. The number of benzene rings is 2. The van der Waals surface area contributed by atoms with Crippen molar-refractivity contribution in [2.75, 3.05) is 22.9 Å². The first-order chi connectivity index (χ1) is 14.3. The van der Waals surface area contributed by atoms with Crippen molar-refractivity contribution in [1.82, 2.24) is 0 Å². The van der Waals surface area contributed by atoms with Gasteiger partial charge in [0.2, 0.25) is 0 Å². The van der Waals surface area contributed by atoms with Crippen molar-refractivity contribution in [3.63, 3.8) is 0 Å². The minimum atomic E-state index is -0.802. The Balaban J connectivity index is 1.42. The lowest BCUT2D eigenvalue weighted by Crippen LogP contribution is -2.51. The topological polar surface area (TPSA) is 32.8 Å². The van der Waals surface area contributed by atoms with Crippen LogP contribution in [0.15, 0.2) is 42.5 Å². The largest absolute Gasteiger partial charge is 0.365 e. The summed E-state index contributed by atoms with van der Waals surface area (Å²) in [5.41, 5.74) is 1.42. The first-order valence-electron chi connectivity index (χ1n) is 10.6. The molecule has 2 saturated carbocycles. The lowest BCUT2D eigenvalue weighted by Gasteiger charge is -2.40. The van der Waals surface area contributed by atoms with Crippen LogP contribution in [0.4, 0.5) is 11.4 Å². The zero-order valence-electron chi connectivity index (χ0n) is 17.3. The van der Waals surface area contributed by atoms with Crippen LogP contribution in [0.2, 0.25) is 10.0 Å². The summed E-state index contributed by atoms with van der Waals surface area (Å²) in [6.45, 7) is 5.47. The SMILES string of the molecule is CC(C)(OC1(C(=O)N2CCN(C3CC3)c3ccccc32)CC1)c1cc(Cl)ccc1Cl. The number of rotatable bonds is 5. The van der Waals surface area contributed by atoms with E-state index in [0.717, 1.165) is 36.3 Å². The number of carbonyl (C=O) groups is 1. The third-order valence-electron chi connectivity index (χ3n) is 6.40. The normalized spacial score (nSPS) is 20.1. The standard InChI is InChI=1S/C24H26Cl2N2O2/c1-23(2,18-15-16(25)7-10-19(18)26)30-24(11-12-24)22(29)28-14-13-27(17-8-9-17)20-5-3-4-6-21(20)28/h3-7,10,15,17H,8-9,11-14H2,1-2H3. The molecule has 0 aromatic heterocycles. The second kappa shape index (κ2) is 7.15. The van der Waals surface area contributed by atoms with E-state index in [-0.39, 0.29) is 5.91 Å². The molecule has 0 unspecified atom stereocenters. The monoisotopic (exact) mass is 444 g/mol. The molecule has 1 aliphatic heterocycles. The molecule has 3 aliphatic rings.